The molecule has 0 aliphatic carbocycles. The van der Waals surface area contributed by atoms with Crippen LogP contribution in [-0.4, -0.2) is 5.78 Å². The number of hydrogen-bond donors (Lipinski definition) is 0. The fourth-order valence-corrected chi connectivity index (χ4v) is 3.20. The molecule has 0 atom stereocenters. The Bertz CT molecular complexity index is 845. The highest BCUT2D eigenvalue weighted by Crippen LogP contribution is 2.28. The molecular weight excluding hydrogens is 268 g/mol. The molecule has 0 amide bonds. The Morgan fingerprint density at radius 1 is 1.00 bits per heavy atom. The molecule has 20 heavy (non-hydrogen) atoms. The van der Waals surface area contributed by atoms with Crippen molar-refractivity contribution in [1.82, 2.24) is 0 Å². The zero-order valence-corrected chi connectivity index (χ0v) is 11.7. The predicted molar refractivity (Wildman–Crippen MR) is 83.5 cm³/mol. The van der Waals surface area contributed by atoms with Gasteiger partial charge in [-0.05, 0) is 24.6 Å². The maximum absolute atomic E-state index is 12.1. The third-order valence-corrected chi connectivity index (χ3v) is 4.36. The summed E-state index contributed by atoms with van der Waals surface area (Å²) in [5.41, 5.74) is 1.68. The van der Waals surface area contributed by atoms with E-state index in [4.69, 9.17) is 0 Å². The van der Waals surface area contributed by atoms with E-state index in [2.05, 4.69) is 0 Å². The molecule has 0 spiro atoms. The van der Waals surface area contributed by atoms with Gasteiger partial charge in [0.05, 0.1) is 0 Å². The SMILES string of the molecule is CC(=O)c1ccc(-c2cc(=O)c3ccccc3s2)cc1. The van der Waals surface area contributed by atoms with E-state index >= 15 is 0 Å². The first kappa shape index (κ1) is 12.8. The molecule has 0 bridgehead atoms. The van der Waals surface area contributed by atoms with Gasteiger partial charge in [0, 0.05) is 26.6 Å². The lowest BCUT2D eigenvalue weighted by atomic mass is 10.1. The summed E-state index contributed by atoms with van der Waals surface area (Å²) in [7, 11) is 0. The standard InChI is InChI=1S/C17H12O2S/c1-11(18)12-6-8-13(9-7-12)17-10-15(19)14-4-2-3-5-16(14)20-17/h2-10H,1H3. The molecule has 0 aliphatic heterocycles. The highest BCUT2D eigenvalue weighted by Gasteiger charge is 2.05. The average Bonchev–Trinajstić information content (AvgIpc) is 2.47. The fourth-order valence-electron chi connectivity index (χ4n) is 2.12. The molecule has 0 fully saturated rings. The van der Waals surface area contributed by atoms with E-state index < -0.39 is 0 Å². The summed E-state index contributed by atoms with van der Waals surface area (Å²) >= 11 is 1.58. The van der Waals surface area contributed by atoms with Crippen LogP contribution in [0, 0.1) is 0 Å². The van der Waals surface area contributed by atoms with Crippen LogP contribution in [0.3, 0.4) is 0 Å². The third-order valence-electron chi connectivity index (χ3n) is 3.21. The minimum atomic E-state index is 0.0324. The number of rotatable bonds is 2. The summed E-state index contributed by atoms with van der Waals surface area (Å²) in [5.74, 6) is 0.0447. The summed E-state index contributed by atoms with van der Waals surface area (Å²) in [5, 5.41) is 0.751. The van der Waals surface area contributed by atoms with Crippen molar-refractivity contribution in [3.05, 3.63) is 70.4 Å². The van der Waals surface area contributed by atoms with Crippen LogP contribution in [0.2, 0.25) is 0 Å². The quantitative estimate of drug-likeness (QED) is 0.661. The molecular formula is C17H12O2S. The van der Waals surface area contributed by atoms with Crippen LogP contribution in [0.1, 0.15) is 17.3 Å². The second kappa shape index (κ2) is 5.02. The molecule has 0 saturated carbocycles. The first-order valence-electron chi connectivity index (χ1n) is 6.29. The first-order valence-corrected chi connectivity index (χ1v) is 7.11. The topological polar surface area (TPSA) is 34.1 Å². The van der Waals surface area contributed by atoms with Crippen LogP contribution < -0.4 is 5.43 Å². The van der Waals surface area contributed by atoms with E-state index in [9.17, 15) is 9.59 Å². The normalized spacial score (nSPS) is 10.7. The number of fused-ring (bicyclic) bond motifs is 1. The number of benzene rings is 2. The van der Waals surface area contributed by atoms with E-state index in [1.54, 1.807) is 36.5 Å². The predicted octanol–water partition coefficient (Wildman–Crippen LogP) is 4.13. The van der Waals surface area contributed by atoms with Crippen molar-refractivity contribution in [2.24, 2.45) is 0 Å². The second-order valence-corrected chi connectivity index (χ2v) is 5.69. The van der Waals surface area contributed by atoms with Crippen LogP contribution in [0.25, 0.3) is 20.5 Å². The van der Waals surface area contributed by atoms with Gasteiger partial charge in [0.1, 0.15) is 0 Å². The summed E-state index contributed by atoms with van der Waals surface area (Å²) in [6.45, 7) is 1.55. The minimum Gasteiger partial charge on any atom is -0.295 e. The Morgan fingerprint density at radius 2 is 1.70 bits per heavy atom. The molecule has 2 aromatic carbocycles. The van der Waals surface area contributed by atoms with E-state index in [1.807, 2.05) is 36.4 Å². The number of Topliss-reactive ketones (excluding diaryl/α,β-unsaturated/α-hetero) is 1. The smallest absolute Gasteiger partial charge is 0.188 e. The molecule has 0 saturated heterocycles. The van der Waals surface area contributed by atoms with Crippen molar-refractivity contribution < 1.29 is 4.79 Å². The van der Waals surface area contributed by atoms with Crippen molar-refractivity contribution in [3.63, 3.8) is 0 Å². The Hall–Kier alpha value is -2.26. The van der Waals surface area contributed by atoms with E-state index in [0.717, 1.165) is 20.5 Å². The molecule has 2 nitrogen and oxygen atoms in total. The van der Waals surface area contributed by atoms with Crippen LogP contribution in [-0.2, 0) is 0 Å². The Morgan fingerprint density at radius 3 is 2.40 bits per heavy atom. The number of carbonyl (C=O) groups excluding carboxylic acids is 1. The number of ketones is 1. The van der Waals surface area contributed by atoms with Gasteiger partial charge in [-0.1, -0.05) is 36.4 Å². The molecule has 3 aromatic rings. The van der Waals surface area contributed by atoms with Gasteiger partial charge in [-0.25, -0.2) is 0 Å². The Kier molecular flexibility index (Phi) is 3.20. The Labute approximate surface area is 120 Å². The van der Waals surface area contributed by atoms with Gasteiger partial charge in [-0.3, -0.25) is 9.59 Å². The molecule has 98 valence electrons. The molecule has 3 heteroatoms. The van der Waals surface area contributed by atoms with Gasteiger partial charge in [0.15, 0.2) is 11.2 Å². The largest absolute Gasteiger partial charge is 0.295 e. The zero-order chi connectivity index (χ0) is 14.1. The lowest BCUT2D eigenvalue weighted by Crippen LogP contribution is -1.98. The molecule has 0 N–H and O–H groups in total. The average molecular weight is 280 g/mol. The molecule has 1 aromatic heterocycles. The second-order valence-electron chi connectivity index (χ2n) is 4.60. The van der Waals surface area contributed by atoms with Crippen molar-refractivity contribution in [1.29, 1.82) is 0 Å². The number of carbonyl (C=O) groups is 1. The molecule has 3 rings (SSSR count). The van der Waals surface area contributed by atoms with Gasteiger partial charge in [0.25, 0.3) is 0 Å². The van der Waals surface area contributed by atoms with Crippen molar-refractivity contribution in [2.45, 2.75) is 6.92 Å². The minimum absolute atomic E-state index is 0.0324. The fraction of sp³-hybridized carbons (Fsp3) is 0.0588. The maximum Gasteiger partial charge on any atom is 0.188 e. The van der Waals surface area contributed by atoms with E-state index in [-0.39, 0.29) is 11.2 Å². The molecule has 1 heterocycles. The summed E-state index contributed by atoms with van der Waals surface area (Å²) < 4.78 is 0.977. The summed E-state index contributed by atoms with van der Waals surface area (Å²) in [4.78, 5) is 24.3. The van der Waals surface area contributed by atoms with Crippen molar-refractivity contribution >= 4 is 27.2 Å². The Balaban J connectivity index is 2.14. The molecule has 0 unspecified atom stereocenters. The highest BCUT2D eigenvalue weighted by molar-refractivity contribution is 7.21. The number of hydrogen-bond acceptors (Lipinski definition) is 3. The van der Waals surface area contributed by atoms with Crippen molar-refractivity contribution in [2.75, 3.05) is 0 Å². The van der Waals surface area contributed by atoms with Gasteiger partial charge >= 0.3 is 0 Å². The highest BCUT2D eigenvalue weighted by atomic mass is 32.1. The lowest BCUT2D eigenvalue weighted by Gasteiger charge is -2.03. The van der Waals surface area contributed by atoms with Crippen LogP contribution in [0.4, 0.5) is 0 Å². The van der Waals surface area contributed by atoms with Gasteiger partial charge < -0.3 is 0 Å². The first-order chi connectivity index (χ1) is 9.65. The van der Waals surface area contributed by atoms with Gasteiger partial charge in [-0.2, -0.15) is 0 Å². The van der Waals surface area contributed by atoms with Crippen LogP contribution in [0.15, 0.2) is 59.4 Å². The monoisotopic (exact) mass is 280 g/mol. The zero-order valence-electron chi connectivity index (χ0n) is 10.9. The van der Waals surface area contributed by atoms with Crippen LogP contribution >= 0.6 is 11.3 Å². The molecule has 0 radical (unpaired) electrons. The summed E-state index contributed by atoms with van der Waals surface area (Å²) in [6.07, 6.45) is 0. The third kappa shape index (κ3) is 2.28. The van der Waals surface area contributed by atoms with E-state index in [0.29, 0.717) is 5.56 Å². The van der Waals surface area contributed by atoms with Crippen molar-refractivity contribution in [3.8, 4) is 10.4 Å². The van der Waals surface area contributed by atoms with Gasteiger partial charge in [-0.15, -0.1) is 11.3 Å². The van der Waals surface area contributed by atoms with Crippen LogP contribution in [0.5, 0.6) is 0 Å². The maximum atomic E-state index is 12.1. The molecule has 0 aliphatic rings. The van der Waals surface area contributed by atoms with Gasteiger partial charge in [0.2, 0.25) is 0 Å². The summed E-state index contributed by atoms with van der Waals surface area (Å²) in [6, 6.07) is 16.6. The van der Waals surface area contributed by atoms with E-state index in [1.165, 1.54) is 0 Å². The lowest BCUT2D eigenvalue weighted by molar-refractivity contribution is 0.101.